The van der Waals surface area contributed by atoms with Crippen molar-refractivity contribution in [1.82, 2.24) is 10.1 Å². The number of ether oxygens (including phenoxy) is 2. The summed E-state index contributed by atoms with van der Waals surface area (Å²) in [5, 5.41) is 3.64. The Morgan fingerprint density at radius 3 is 2.69 bits per heavy atom. The summed E-state index contributed by atoms with van der Waals surface area (Å²) in [6.45, 7) is -0.267. The summed E-state index contributed by atoms with van der Waals surface area (Å²) < 4.78 is 53.7. The second kappa shape index (κ2) is 8.76. The van der Waals surface area contributed by atoms with Crippen LogP contribution in [0.2, 0.25) is 0 Å². The molecule has 3 aromatic rings. The molecule has 1 heterocycles. The highest BCUT2D eigenvalue weighted by Crippen LogP contribution is 2.31. The van der Waals surface area contributed by atoms with E-state index in [0.717, 1.165) is 17.7 Å². The minimum absolute atomic E-state index is 0.0111. The first-order valence-electron chi connectivity index (χ1n) is 8.64. The van der Waals surface area contributed by atoms with Crippen LogP contribution in [0.3, 0.4) is 0 Å². The quantitative estimate of drug-likeness (QED) is 0.540. The molecular formula is C20H17F3N2O4. The van der Waals surface area contributed by atoms with Crippen LogP contribution >= 0.6 is 0 Å². The Hall–Kier alpha value is -3.36. The van der Waals surface area contributed by atoms with Crippen LogP contribution < -0.4 is 4.74 Å². The van der Waals surface area contributed by atoms with Crippen molar-refractivity contribution in [2.75, 3.05) is 7.11 Å². The van der Waals surface area contributed by atoms with E-state index in [2.05, 4.69) is 10.1 Å². The molecule has 0 spiro atoms. The maximum absolute atomic E-state index is 12.8. The fourth-order valence-corrected chi connectivity index (χ4v) is 2.63. The molecule has 0 aliphatic rings. The average Bonchev–Trinajstić information content (AvgIpc) is 3.19. The van der Waals surface area contributed by atoms with Gasteiger partial charge in [-0.2, -0.15) is 18.2 Å². The molecule has 0 amide bonds. The largest absolute Gasteiger partial charge is 0.496 e. The molecule has 0 atom stereocenters. The second-order valence-corrected chi connectivity index (χ2v) is 6.06. The summed E-state index contributed by atoms with van der Waals surface area (Å²) in [5.41, 5.74) is 0.206. The maximum Gasteiger partial charge on any atom is 0.416 e. The molecule has 0 bridgehead atoms. The first-order chi connectivity index (χ1) is 13.9. The maximum atomic E-state index is 12.8. The number of hydrogen-bond donors (Lipinski definition) is 0. The van der Waals surface area contributed by atoms with E-state index in [0.29, 0.717) is 12.2 Å². The number of benzene rings is 2. The van der Waals surface area contributed by atoms with Gasteiger partial charge >= 0.3 is 12.1 Å². The van der Waals surface area contributed by atoms with Gasteiger partial charge in [0.15, 0.2) is 6.61 Å². The Balaban J connectivity index is 1.56. The Morgan fingerprint density at radius 2 is 1.93 bits per heavy atom. The predicted octanol–water partition coefficient (Wildman–Crippen LogP) is 4.44. The number of methoxy groups -OCH3 is 1. The standard InChI is InChI=1S/C20H17F3N2O4/c1-27-16-8-3-2-5-13(16)9-10-18(26)28-12-17-24-19(25-29-17)14-6-4-7-15(11-14)20(21,22)23/h2-8,11H,9-10,12H2,1H3. The summed E-state index contributed by atoms with van der Waals surface area (Å²) in [5.74, 6) is 0.178. The van der Waals surface area contributed by atoms with E-state index in [4.69, 9.17) is 14.0 Å². The number of rotatable bonds is 7. The van der Waals surface area contributed by atoms with Crippen LogP contribution in [0.15, 0.2) is 53.1 Å². The van der Waals surface area contributed by atoms with E-state index < -0.39 is 17.7 Å². The molecule has 0 aliphatic carbocycles. The molecule has 6 nitrogen and oxygen atoms in total. The average molecular weight is 406 g/mol. The molecule has 152 valence electrons. The molecule has 3 rings (SSSR count). The highest BCUT2D eigenvalue weighted by molar-refractivity contribution is 5.69. The predicted molar refractivity (Wildman–Crippen MR) is 95.8 cm³/mol. The van der Waals surface area contributed by atoms with Crippen molar-refractivity contribution < 1.29 is 32.0 Å². The fourth-order valence-electron chi connectivity index (χ4n) is 2.63. The third kappa shape index (κ3) is 5.34. The van der Waals surface area contributed by atoms with E-state index in [9.17, 15) is 18.0 Å². The highest BCUT2D eigenvalue weighted by Gasteiger charge is 2.30. The van der Waals surface area contributed by atoms with Gasteiger partial charge in [0.2, 0.25) is 5.82 Å². The number of carbonyl (C=O) groups is 1. The summed E-state index contributed by atoms with van der Waals surface area (Å²) >= 11 is 0. The Kier molecular flexibility index (Phi) is 6.16. The Morgan fingerprint density at radius 1 is 1.14 bits per heavy atom. The van der Waals surface area contributed by atoms with Crippen LogP contribution in [0.4, 0.5) is 13.2 Å². The van der Waals surface area contributed by atoms with Crippen LogP contribution in [0, 0.1) is 0 Å². The number of para-hydroxylation sites is 1. The SMILES string of the molecule is COc1ccccc1CCC(=O)OCc1nc(-c2cccc(C(F)(F)F)c2)no1. The zero-order valence-electron chi connectivity index (χ0n) is 15.4. The smallest absolute Gasteiger partial charge is 0.416 e. The Bertz CT molecular complexity index is 986. The van der Waals surface area contributed by atoms with Crippen molar-refractivity contribution >= 4 is 5.97 Å². The van der Waals surface area contributed by atoms with Gasteiger partial charge in [-0.15, -0.1) is 0 Å². The normalized spacial score (nSPS) is 11.3. The monoisotopic (exact) mass is 406 g/mol. The lowest BCUT2D eigenvalue weighted by molar-refractivity contribution is -0.145. The molecule has 0 saturated carbocycles. The van der Waals surface area contributed by atoms with Gasteiger partial charge in [-0.3, -0.25) is 4.79 Å². The lowest BCUT2D eigenvalue weighted by Gasteiger charge is -2.07. The van der Waals surface area contributed by atoms with Crippen LogP contribution in [0.25, 0.3) is 11.4 Å². The van der Waals surface area contributed by atoms with Crippen LogP contribution in [-0.2, 0) is 28.7 Å². The number of halogens is 3. The number of aryl methyl sites for hydroxylation is 1. The number of carbonyl (C=O) groups excluding carboxylic acids is 1. The third-order valence-electron chi connectivity index (χ3n) is 4.06. The third-order valence-corrected chi connectivity index (χ3v) is 4.06. The summed E-state index contributed by atoms with van der Waals surface area (Å²) in [4.78, 5) is 15.9. The first-order valence-corrected chi connectivity index (χ1v) is 8.64. The molecule has 0 N–H and O–H groups in total. The van der Waals surface area contributed by atoms with Gasteiger partial charge in [-0.05, 0) is 30.2 Å². The van der Waals surface area contributed by atoms with Gasteiger partial charge in [-0.25, -0.2) is 0 Å². The fraction of sp³-hybridized carbons (Fsp3) is 0.250. The van der Waals surface area contributed by atoms with Gasteiger partial charge in [0.05, 0.1) is 12.7 Å². The van der Waals surface area contributed by atoms with E-state index in [-0.39, 0.29) is 30.3 Å². The van der Waals surface area contributed by atoms with Gasteiger partial charge < -0.3 is 14.0 Å². The first kappa shape index (κ1) is 20.4. The zero-order chi connectivity index (χ0) is 20.9. The lowest BCUT2D eigenvalue weighted by atomic mass is 10.1. The number of aromatic nitrogens is 2. The molecular weight excluding hydrogens is 389 g/mol. The molecule has 0 unspecified atom stereocenters. The minimum Gasteiger partial charge on any atom is -0.496 e. The number of esters is 1. The van der Waals surface area contributed by atoms with Gasteiger partial charge in [0, 0.05) is 12.0 Å². The summed E-state index contributed by atoms with van der Waals surface area (Å²) in [6.07, 6.45) is -3.92. The molecule has 0 fully saturated rings. The van der Waals surface area contributed by atoms with E-state index in [1.54, 1.807) is 13.2 Å². The van der Waals surface area contributed by atoms with Crippen LogP contribution in [-0.4, -0.2) is 23.2 Å². The highest BCUT2D eigenvalue weighted by atomic mass is 19.4. The molecule has 2 aromatic carbocycles. The van der Waals surface area contributed by atoms with E-state index in [1.165, 1.54) is 12.1 Å². The molecule has 29 heavy (non-hydrogen) atoms. The van der Waals surface area contributed by atoms with Gasteiger partial charge in [0.1, 0.15) is 5.75 Å². The number of nitrogens with zero attached hydrogens (tertiary/aromatic N) is 2. The van der Waals surface area contributed by atoms with Crippen molar-refractivity contribution in [2.24, 2.45) is 0 Å². The van der Waals surface area contributed by atoms with Gasteiger partial charge in [-0.1, -0.05) is 35.5 Å². The minimum atomic E-state index is -4.47. The summed E-state index contributed by atoms with van der Waals surface area (Å²) in [7, 11) is 1.55. The Labute approximate surface area is 164 Å². The number of hydrogen-bond acceptors (Lipinski definition) is 6. The molecule has 0 radical (unpaired) electrons. The van der Waals surface area contributed by atoms with E-state index >= 15 is 0 Å². The molecule has 0 aliphatic heterocycles. The van der Waals surface area contributed by atoms with Crippen molar-refractivity contribution in [3.05, 3.63) is 65.5 Å². The van der Waals surface area contributed by atoms with Crippen molar-refractivity contribution in [3.63, 3.8) is 0 Å². The van der Waals surface area contributed by atoms with E-state index in [1.807, 2.05) is 18.2 Å². The van der Waals surface area contributed by atoms with Crippen molar-refractivity contribution in [1.29, 1.82) is 0 Å². The van der Waals surface area contributed by atoms with Gasteiger partial charge in [0.25, 0.3) is 5.89 Å². The van der Waals surface area contributed by atoms with Crippen LogP contribution in [0.1, 0.15) is 23.4 Å². The lowest BCUT2D eigenvalue weighted by Crippen LogP contribution is -2.06. The second-order valence-electron chi connectivity index (χ2n) is 6.06. The van der Waals surface area contributed by atoms with Crippen molar-refractivity contribution in [2.45, 2.75) is 25.6 Å². The molecule has 0 saturated heterocycles. The summed E-state index contributed by atoms with van der Waals surface area (Å²) in [6, 6.07) is 11.9. The topological polar surface area (TPSA) is 74.5 Å². The van der Waals surface area contributed by atoms with Crippen molar-refractivity contribution in [3.8, 4) is 17.1 Å². The zero-order valence-corrected chi connectivity index (χ0v) is 15.4. The van der Waals surface area contributed by atoms with Crippen LogP contribution in [0.5, 0.6) is 5.75 Å². The molecule has 1 aromatic heterocycles. The number of alkyl halides is 3. The molecule has 9 heteroatoms.